The Balaban J connectivity index is 3.12. The minimum atomic E-state index is -3.56. The largest absolute Gasteiger partial charge is 0.493 e. The normalized spacial score (nSPS) is 11.1. The second kappa shape index (κ2) is 4.50. The third-order valence-electron chi connectivity index (χ3n) is 1.70. The molecular weight excluding hydrogens is 218 g/mol. The quantitative estimate of drug-likeness (QED) is 0.763. The SMILES string of the molecule is COc1ccc(CN)cc1OS(C)(=O)=O. The van der Waals surface area contributed by atoms with Gasteiger partial charge in [-0.25, -0.2) is 0 Å². The molecular formula is C9H13NO4S. The lowest BCUT2D eigenvalue weighted by Crippen LogP contribution is -2.07. The van der Waals surface area contributed by atoms with E-state index in [4.69, 9.17) is 14.7 Å². The lowest BCUT2D eigenvalue weighted by molar-refractivity contribution is 0.391. The van der Waals surface area contributed by atoms with E-state index in [9.17, 15) is 8.42 Å². The predicted molar refractivity (Wildman–Crippen MR) is 56.4 cm³/mol. The molecule has 0 aliphatic rings. The van der Waals surface area contributed by atoms with Gasteiger partial charge in [0.05, 0.1) is 13.4 Å². The van der Waals surface area contributed by atoms with E-state index in [0.29, 0.717) is 12.3 Å². The van der Waals surface area contributed by atoms with Crippen LogP contribution in [0.25, 0.3) is 0 Å². The van der Waals surface area contributed by atoms with Crippen LogP contribution in [0.3, 0.4) is 0 Å². The van der Waals surface area contributed by atoms with Crippen molar-refractivity contribution in [1.29, 1.82) is 0 Å². The topological polar surface area (TPSA) is 78.6 Å². The van der Waals surface area contributed by atoms with Crippen molar-refractivity contribution in [2.45, 2.75) is 6.54 Å². The highest BCUT2D eigenvalue weighted by atomic mass is 32.2. The minimum absolute atomic E-state index is 0.156. The Kier molecular flexibility index (Phi) is 3.54. The maximum absolute atomic E-state index is 11.0. The summed E-state index contributed by atoms with van der Waals surface area (Å²) >= 11 is 0. The Hall–Kier alpha value is -1.27. The molecule has 0 atom stereocenters. The van der Waals surface area contributed by atoms with Gasteiger partial charge in [-0.3, -0.25) is 0 Å². The molecule has 1 aromatic carbocycles. The second-order valence-electron chi connectivity index (χ2n) is 2.98. The molecule has 0 unspecified atom stereocenters. The van der Waals surface area contributed by atoms with E-state index in [1.807, 2.05) is 0 Å². The first-order valence-electron chi connectivity index (χ1n) is 4.22. The van der Waals surface area contributed by atoms with E-state index < -0.39 is 10.1 Å². The van der Waals surface area contributed by atoms with E-state index in [2.05, 4.69) is 0 Å². The number of nitrogens with two attached hydrogens (primary N) is 1. The van der Waals surface area contributed by atoms with E-state index in [0.717, 1.165) is 11.8 Å². The highest BCUT2D eigenvalue weighted by Gasteiger charge is 2.10. The van der Waals surface area contributed by atoms with Crippen molar-refractivity contribution >= 4 is 10.1 Å². The van der Waals surface area contributed by atoms with Crippen molar-refractivity contribution in [3.05, 3.63) is 23.8 Å². The number of methoxy groups -OCH3 is 1. The molecule has 2 N–H and O–H groups in total. The average molecular weight is 231 g/mol. The molecule has 0 aromatic heterocycles. The number of benzene rings is 1. The van der Waals surface area contributed by atoms with Gasteiger partial charge < -0.3 is 14.7 Å². The number of hydrogen-bond donors (Lipinski definition) is 1. The molecule has 5 nitrogen and oxygen atoms in total. The molecule has 15 heavy (non-hydrogen) atoms. The first kappa shape index (κ1) is 11.8. The van der Waals surface area contributed by atoms with Crippen LogP contribution in [0.2, 0.25) is 0 Å². The molecule has 0 amide bonds. The molecule has 0 saturated heterocycles. The Bertz CT molecular complexity index is 441. The van der Waals surface area contributed by atoms with Gasteiger partial charge in [-0.05, 0) is 17.7 Å². The van der Waals surface area contributed by atoms with Gasteiger partial charge in [0.2, 0.25) is 0 Å². The summed E-state index contributed by atoms with van der Waals surface area (Å²) in [5, 5.41) is 0. The molecule has 0 bridgehead atoms. The predicted octanol–water partition coefficient (Wildman–Crippen LogP) is 0.492. The van der Waals surface area contributed by atoms with Crippen molar-refractivity contribution in [3.63, 3.8) is 0 Å². The molecule has 0 aliphatic carbocycles. The maximum Gasteiger partial charge on any atom is 0.306 e. The Morgan fingerprint density at radius 2 is 2.00 bits per heavy atom. The molecule has 1 rings (SSSR count). The number of ether oxygens (including phenoxy) is 1. The number of hydrogen-bond acceptors (Lipinski definition) is 5. The fourth-order valence-corrected chi connectivity index (χ4v) is 1.53. The van der Waals surface area contributed by atoms with Crippen LogP contribution in [-0.2, 0) is 16.7 Å². The molecule has 1 aromatic rings. The summed E-state index contributed by atoms with van der Waals surface area (Å²) in [7, 11) is -2.12. The van der Waals surface area contributed by atoms with E-state index in [-0.39, 0.29) is 5.75 Å². The Labute approximate surface area is 88.9 Å². The van der Waals surface area contributed by atoms with Crippen LogP contribution < -0.4 is 14.7 Å². The zero-order valence-corrected chi connectivity index (χ0v) is 9.37. The zero-order valence-electron chi connectivity index (χ0n) is 8.56. The van der Waals surface area contributed by atoms with Gasteiger partial charge in [-0.15, -0.1) is 0 Å². The fourth-order valence-electron chi connectivity index (χ4n) is 1.08. The summed E-state index contributed by atoms with van der Waals surface area (Å²) in [6, 6.07) is 4.90. The molecule has 6 heteroatoms. The minimum Gasteiger partial charge on any atom is -0.493 e. The van der Waals surface area contributed by atoms with Gasteiger partial charge in [-0.2, -0.15) is 8.42 Å². The van der Waals surface area contributed by atoms with Gasteiger partial charge >= 0.3 is 10.1 Å². The standard InChI is InChI=1S/C9H13NO4S/c1-13-8-4-3-7(6-10)5-9(8)14-15(2,11)12/h3-5H,6,10H2,1-2H3. The molecule has 0 saturated carbocycles. The summed E-state index contributed by atoms with van der Waals surface area (Å²) in [6.45, 7) is 0.310. The van der Waals surface area contributed by atoms with Gasteiger partial charge in [0, 0.05) is 6.54 Å². The van der Waals surface area contributed by atoms with E-state index >= 15 is 0 Å². The zero-order chi connectivity index (χ0) is 11.5. The van der Waals surface area contributed by atoms with Gasteiger partial charge in [0.15, 0.2) is 11.5 Å². The average Bonchev–Trinajstić information content (AvgIpc) is 2.15. The van der Waals surface area contributed by atoms with Crippen molar-refractivity contribution in [2.75, 3.05) is 13.4 Å². The van der Waals surface area contributed by atoms with Crippen LogP contribution in [-0.4, -0.2) is 21.8 Å². The first-order valence-corrected chi connectivity index (χ1v) is 6.04. The van der Waals surface area contributed by atoms with Crippen LogP contribution in [0.15, 0.2) is 18.2 Å². The molecule has 0 fully saturated rings. The van der Waals surface area contributed by atoms with Crippen molar-refractivity contribution in [2.24, 2.45) is 5.73 Å². The lowest BCUT2D eigenvalue weighted by Gasteiger charge is -2.09. The van der Waals surface area contributed by atoms with Crippen molar-refractivity contribution in [3.8, 4) is 11.5 Å². The summed E-state index contributed by atoms with van der Waals surface area (Å²) in [5.74, 6) is 0.514. The lowest BCUT2D eigenvalue weighted by atomic mass is 10.2. The van der Waals surface area contributed by atoms with E-state index in [1.165, 1.54) is 7.11 Å². The monoisotopic (exact) mass is 231 g/mol. The summed E-state index contributed by atoms with van der Waals surface area (Å²) < 4.78 is 31.6. The number of rotatable bonds is 4. The third-order valence-corrected chi connectivity index (χ3v) is 2.19. The van der Waals surface area contributed by atoms with Crippen molar-refractivity contribution in [1.82, 2.24) is 0 Å². The van der Waals surface area contributed by atoms with Crippen LogP contribution in [0.1, 0.15) is 5.56 Å². The summed E-state index contributed by atoms with van der Waals surface area (Å²) in [6.07, 6.45) is 0.974. The first-order chi connectivity index (χ1) is 6.96. The van der Waals surface area contributed by atoms with Crippen LogP contribution >= 0.6 is 0 Å². The third kappa shape index (κ3) is 3.41. The molecule has 0 heterocycles. The van der Waals surface area contributed by atoms with Crippen molar-refractivity contribution < 1.29 is 17.3 Å². The summed E-state index contributed by atoms with van der Waals surface area (Å²) in [4.78, 5) is 0. The van der Waals surface area contributed by atoms with Crippen LogP contribution in [0.4, 0.5) is 0 Å². The fraction of sp³-hybridized carbons (Fsp3) is 0.333. The van der Waals surface area contributed by atoms with Crippen LogP contribution in [0.5, 0.6) is 11.5 Å². The summed E-state index contributed by atoms with van der Waals surface area (Å²) in [5.41, 5.74) is 6.20. The highest BCUT2D eigenvalue weighted by molar-refractivity contribution is 7.86. The second-order valence-corrected chi connectivity index (χ2v) is 4.55. The van der Waals surface area contributed by atoms with Crippen LogP contribution in [0, 0.1) is 0 Å². The molecule has 0 spiro atoms. The van der Waals surface area contributed by atoms with Gasteiger partial charge in [-0.1, -0.05) is 6.07 Å². The molecule has 84 valence electrons. The van der Waals surface area contributed by atoms with Gasteiger partial charge in [0.1, 0.15) is 0 Å². The van der Waals surface area contributed by atoms with Gasteiger partial charge in [0.25, 0.3) is 0 Å². The Morgan fingerprint density at radius 1 is 1.33 bits per heavy atom. The van der Waals surface area contributed by atoms with E-state index in [1.54, 1.807) is 18.2 Å². The highest BCUT2D eigenvalue weighted by Crippen LogP contribution is 2.28. The Morgan fingerprint density at radius 3 is 2.47 bits per heavy atom. The maximum atomic E-state index is 11.0. The molecule has 0 radical (unpaired) electrons. The molecule has 0 aliphatic heterocycles. The smallest absolute Gasteiger partial charge is 0.306 e.